The van der Waals surface area contributed by atoms with Crippen molar-refractivity contribution in [2.75, 3.05) is 18.1 Å². The molecule has 0 fully saturated rings. The summed E-state index contributed by atoms with van der Waals surface area (Å²) in [6.07, 6.45) is 3.17. The third-order valence-corrected chi connectivity index (χ3v) is 5.04. The highest BCUT2D eigenvalue weighted by molar-refractivity contribution is 8.75. The first kappa shape index (κ1) is 7.51. The Balaban J connectivity index is 2.05. The van der Waals surface area contributed by atoms with Crippen molar-refractivity contribution in [3.8, 4) is 0 Å². The summed E-state index contributed by atoms with van der Waals surface area (Å²) in [7, 11) is 2.44. The van der Waals surface area contributed by atoms with Gasteiger partial charge in [0.15, 0.2) is 0 Å². The van der Waals surface area contributed by atoms with Crippen molar-refractivity contribution in [2.24, 2.45) is 0 Å². The predicted octanol–water partition coefficient (Wildman–Crippen LogP) is 1.16. The van der Waals surface area contributed by atoms with Gasteiger partial charge >= 0.3 is 0 Å². The summed E-state index contributed by atoms with van der Waals surface area (Å²) in [6.45, 7) is 0.345. The van der Waals surface area contributed by atoms with Gasteiger partial charge in [0.1, 0.15) is 22.0 Å². The first-order chi connectivity index (χ1) is 4.43. The van der Waals surface area contributed by atoms with Gasteiger partial charge in [-0.05, 0) is 6.08 Å². The maximum atomic E-state index is 8.50. The average Bonchev–Trinajstić information content (AvgIpc) is 2.34. The number of hydrogen-bond acceptors (Lipinski definition) is 2. The topological polar surface area (TPSA) is 20.2 Å². The van der Waals surface area contributed by atoms with E-state index in [9.17, 15) is 0 Å². The molecule has 1 atom stereocenters. The van der Waals surface area contributed by atoms with Crippen molar-refractivity contribution in [3.05, 3.63) is 11.5 Å². The SMILES string of the molecule is OCCC[S+]1C=CCS1. The second-order valence-electron chi connectivity index (χ2n) is 1.82. The van der Waals surface area contributed by atoms with Gasteiger partial charge in [-0.3, -0.25) is 0 Å². The van der Waals surface area contributed by atoms with E-state index in [2.05, 4.69) is 11.5 Å². The van der Waals surface area contributed by atoms with Crippen LogP contribution < -0.4 is 0 Å². The molecule has 9 heavy (non-hydrogen) atoms. The van der Waals surface area contributed by atoms with Crippen molar-refractivity contribution in [1.29, 1.82) is 0 Å². The minimum absolute atomic E-state index is 0.345. The Labute approximate surface area is 62.3 Å². The summed E-state index contributed by atoms with van der Waals surface area (Å²) in [6, 6.07) is 0. The molecule has 0 saturated heterocycles. The van der Waals surface area contributed by atoms with Crippen molar-refractivity contribution >= 4 is 20.7 Å². The van der Waals surface area contributed by atoms with Crippen LogP contribution in [0.4, 0.5) is 0 Å². The largest absolute Gasteiger partial charge is 0.396 e. The van der Waals surface area contributed by atoms with E-state index in [1.165, 1.54) is 5.75 Å². The predicted molar refractivity (Wildman–Crippen MR) is 45.5 cm³/mol. The lowest BCUT2D eigenvalue weighted by Crippen LogP contribution is -1.97. The zero-order valence-electron chi connectivity index (χ0n) is 5.25. The monoisotopic (exact) mass is 163 g/mol. The van der Waals surface area contributed by atoms with Crippen LogP contribution in [0, 0.1) is 0 Å². The quantitative estimate of drug-likeness (QED) is 0.498. The first-order valence-corrected chi connectivity index (χ1v) is 6.00. The molecule has 0 aromatic carbocycles. The van der Waals surface area contributed by atoms with Gasteiger partial charge in [0.05, 0.1) is 15.7 Å². The van der Waals surface area contributed by atoms with Gasteiger partial charge < -0.3 is 5.11 Å². The Hall–Kier alpha value is 0.400. The Kier molecular flexibility index (Phi) is 3.55. The molecule has 0 saturated carbocycles. The summed E-state index contributed by atoms with van der Waals surface area (Å²) < 4.78 is 0. The Morgan fingerprint density at radius 2 is 2.56 bits per heavy atom. The van der Waals surface area contributed by atoms with Gasteiger partial charge in [0, 0.05) is 13.0 Å². The van der Waals surface area contributed by atoms with E-state index in [1.54, 1.807) is 0 Å². The lowest BCUT2D eigenvalue weighted by Gasteiger charge is -1.91. The van der Waals surface area contributed by atoms with Crippen molar-refractivity contribution in [3.63, 3.8) is 0 Å². The van der Waals surface area contributed by atoms with Gasteiger partial charge in [-0.25, -0.2) is 0 Å². The van der Waals surface area contributed by atoms with Crippen LogP contribution in [-0.4, -0.2) is 23.2 Å². The standard InChI is InChI=1S/C6H11OS2/c7-3-1-5-9-6-2-4-8-9/h2,6-7H,1,3-5H2/q+1. The van der Waals surface area contributed by atoms with E-state index < -0.39 is 0 Å². The number of rotatable bonds is 3. The van der Waals surface area contributed by atoms with Crippen LogP contribution in [0.15, 0.2) is 11.5 Å². The molecule has 0 bridgehead atoms. The lowest BCUT2D eigenvalue weighted by atomic mass is 10.5. The van der Waals surface area contributed by atoms with Crippen LogP contribution in [0.2, 0.25) is 0 Å². The molecule has 0 aromatic heterocycles. The Morgan fingerprint density at radius 1 is 1.67 bits per heavy atom. The van der Waals surface area contributed by atoms with E-state index in [0.29, 0.717) is 16.5 Å². The third kappa shape index (κ3) is 2.65. The second-order valence-corrected chi connectivity index (χ2v) is 5.82. The second kappa shape index (κ2) is 4.25. The molecule has 0 aromatic rings. The fourth-order valence-electron chi connectivity index (χ4n) is 0.646. The van der Waals surface area contributed by atoms with Crippen LogP contribution in [0.5, 0.6) is 0 Å². The maximum Gasteiger partial charge on any atom is 0.129 e. The van der Waals surface area contributed by atoms with Crippen molar-refractivity contribution in [1.82, 2.24) is 0 Å². The molecule has 0 spiro atoms. The fourth-order valence-corrected chi connectivity index (χ4v) is 4.11. The number of hydrogen-bond donors (Lipinski definition) is 1. The highest BCUT2D eigenvalue weighted by Crippen LogP contribution is 2.24. The Morgan fingerprint density at radius 3 is 3.11 bits per heavy atom. The molecule has 3 heteroatoms. The average molecular weight is 163 g/mol. The van der Waals surface area contributed by atoms with Crippen LogP contribution in [0.3, 0.4) is 0 Å². The van der Waals surface area contributed by atoms with Gasteiger partial charge in [0.2, 0.25) is 0 Å². The maximum absolute atomic E-state index is 8.50. The molecule has 1 unspecified atom stereocenters. The molecule has 1 aliphatic heterocycles. The molecule has 0 amide bonds. The molecule has 1 aliphatic rings. The zero-order chi connectivity index (χ0) is 6.53. The first-order valence-electron chi connectivity index (χ1n) is 3.04. The van der Waals surface area contributed by atoms with Gasteiger partial charge in [0.25, 0.3) is 0 Å². The Bertz CT molecular complexity index is 103. The lowest BCUT2D eigenvalue weighted by molar-refractivity contribution is 0.296. The molecular weight excluding hydrogens is 152 g/mol. The summed E-state index contributed by atoms with van der Waals surface area (Å²) in [4.78, 5) is 0. The van der Waals surface area contributed by atoms with E-state index in [0.717, 1.165) is 12.2 Å². The molecule has 1 rings (SSSR count). The highest BCUT2D eigenvalue weighted by atomic mass is 33.1. The van der Waals surface area contributed by atoms with Gasteiger partial charge in [-0.2, -0.15) is 0 Å². The summed E-state index contributed by atoms with van der Waals surface area (Å²) in [5.41, 5.74) is 0. The summed E-state index contributed by atoms with van der Waals surface area (Å²) in [5.74, 6) is 2.34. The summed E-state index contributed by atoms with van der Waals surface area (Å²) >= 11 is 0. The molecular formula is C6H11OS2+. The van der Waals surface area contributed by atoms with E-state index in [4.69, 9.17) is 5.11 Å². The number of aliphatic hydroxyl groups excluding tert-OH is 1. The third-order valence-electron chi connectivity index (χ3n) is 1.07. The molecule has 1 nitrogen and oxygen atoms in total. The van der Waals surface area contributed by atoms with Crippen molar-refractivity contribution in [2.45, 2.75) is 6.42 Å². The minimum atomic E-state index is 0.345. The smallest absolute Gasteiger partial charge is 0.129 e. The van der Waals surface area contributed by atoms with Crippen LogP contribution in [0.25, 0.3) is 0 Å². The molecule has 1 N–H and O–H groups in total. The van der Waals surface area contributed by atoms with Gasteiger partial charge in [-0.15, -0.1) is 0 Å². The van der Waals surface area contributed by atoms with Gasteiger partial charge in [-0.1, -0.05) is 0 Å². The minimum Gasteiger partial charge on any atom is -0.396 e. The number of aliphatic hydroxyl groups is 1. The molecule has 0 radical (unpaired) electrons. The van der Waals surface area contributed by atoms with E-state index in [1.807, 2.05) is 10.8 Å². The fraction of sp³-hybridized carbons (Fsp3) is 0.667. The molecule has 0 aliphatic carbocycles. The zero-order valence-corrected chi connectivity index (χ0v) is 6.88. The van der Waals surface area contributed by atoms with Crippen LogP contribution in [-0.2, 0) is 9.93 Å². The normalized spacial score (nSPS) is 25.2. The van der Waals surface area contributed by atoms with Crippen LogP contribution in [0.1, 0.15) is 6.42 Å². The molecule has 52 valence electrons. The van der Waals surface area contributed by atoms with Crippen LogP contribution >= 0.6 is 10.8 Å². The van der Waals surface area contributed by atoms with E-state index >= 15 is 0 Å². The summed E-state index contributed by atoms with van der Waals surface area (Å²) in [5, 5.41) is 10.8. The van der Waals surface area contributed by atoms with E-state index in [-0.39, 0.29) is 0 Å². The highest BCUT2D eigenvalue weighted by Gasteiger charge is 2.19. The molecule has 1 heterocycles. The van der Waals surface area contributed by atoms with Crippen molar-refractivity contribution < 1.29 is 5.11 Å².